The summed E-state index contributed by atoms with van der Waals surface area (Å²) in [6.45, 7) is 8.67. The highest BCUT2D eigenvalue weighted by atomic mass is 14.7. The molecule has 0 bridgehead atoms. The first-order valence-electron chi connectivity index (χ1n) is 19.8. The Labute approximate surface area is 319 Å². The summed E-state index contributed by atoms with van der Waals surface area (Å²) in [6.07, 6.45) is 22.0. The molecule has 0 radical (unpaired) electrons. The van der Waals surface area contributed by atoms with Gasteiger partial charge in [-0.05, 0) is 149 Å². The van der Waals surface area contributed by atoms with Crippen molar-refractivity contribution in [2.75, 3.05) is 7.05 Å². The summed E-state index contributed by atoms with van der Waals surface area (Å²) in [5.41, 5.74) is 14.7. The number of benzene rings is 3. The van der Waals surface area contributed by atoms with Crippen molar-refractivity contribution < 1.29 is 0 Å². The molecule has 3 atom stereocenters. The average Bonchev–Trinajstić information content (AvgIpc) is 3.19. The van der Waals surface area contributed by atoms with Crippen LogP contribution in [0.4, 0.5) is 0 Å². The van der Waals surface area contributed by atoms with Crippen LogP contribution in [0.25, 0.3) is 22.5 Å². The molecule has 3 heteroatoms. The molecule has 0 N–H and O–H groups in total. The molecule has 6 rings (SSSR count). The van der Waals surface area contributed by atoms with Crippen LogP contribution in [0.1, 0.15) is 85.3 Å². The van der Waals surface area contributed by atoms with Crippen molar-refractivity contribution in [3.05, 3.63) is 167 Å². The minimum Gasteiger partial charge on any atom is -0.288 e. The number of nitrogens with zero attached hydrogens (tertiary/aromatic N) is 3. The molecule has 1 fully saturated rings. The predicted octanol–water partition coefficient (Wildman–Crippen LogP) is 12.7. The highest BCUT2D eigenvalue weighted by molar-refractivity contribution is 6.09. The Morgan fingerprint density at radius 3 is 1.55 bits per heavy atom. The molecule has 1 saturated carbocycles. The number of pyridine rings is 2. The van der Waals surface area contributed by atoms with Gasteiger partial charge in [0, 0.05) is 36.1 Å². The van der Waals surface area contributed by atoms with Gasteiger partial charge in [0.1, 0.15) is 0 Å². The van der Waals surface area contributed by atoms with E-state index in [0.29, 0.717) is 0 Å². The van der Waals surface area contributed by atoms with Gasteiger partial charge in [-0.15, -0.1) is 0 Å². The Kier molecular flexibility index (Phi) is 13.4. The summed E-state index contributed by atoms with van der Waals surface area (Å²) >= 11 is 0. The lowest BCUT2D eigenvalue weighted by molar-refractivity contribution is 0.172. The number of allylic oxidation sites excluding steroid dienone is 4. The smallest absolute Gasteiger partial charge is 0.0704 e. The van der Waals surface area contributed by atoms with Gasteiger partial charge < -0.3 is 0 Å². The minimum atomic E-state index is 0.737. The van der Waals surface area contributed by atoms with Gasteiger partial charge in [-0.25, -0.2) is 0 Å². The lowest BCUT2D eigenvalue weighted by atomic mass is 9.70. The molecule has 3 nitrogen and oxygen atoms in total. The maximum absolute atomic E-state index is 4.89. The summed E-state index contributed by atoms with van der Waals surface area (Å²) in [6, 6.07) is 34.6. The number of hydrogen-bond donors (Lipinski definition) is 0. The zero-order valence-electron chi connectivity index (χ0n) is 32.6. The topological polar surface area (TPSA) is 38.1 Å². The molecule has 1 aliphatic rings. The zero-order chi connectivity index (χ0) is 37.0. The maximum Gasteiger partial charge on any atom is 0.0704 e. The molecule has 0 aliphatic heterocycles. The van der Waals surface area contributed by atoms with Crippen LogP contribution >= 0.6 is 0 Å². The summed E-state index contributed by atoms with van der Waals surface area (Å²) in [5, 5.41) is 0. The standard InChI is InChI=1S/C50H57N3/c1-6-39(25-28-48(51-5)45-16-10-7-13-36(45)2)19-22-42-31-43(23-20-40-26-29-49(52-34-40)46-17-11-8-14-37(46)3)33-44(32-42)24-21-41-27-30-50(53-35-41)47-18-12-9-15-38(47)4/h6-18,25-30,34-35,42-44H,19-24,31-33H2,1-5H3/b28-25-,39-6-,51-48?/t42?,43-,44+. The second kappa shape index (κ2) is 18.7. The number of aryl methyl sites for hydroxylation is 5. The first-order valence-corrected chi connectivity index (χ1v) is 19.8. The lowest BCUT2D eigenvalue weighted by Gasteiger charge is -2.35. The number of rotatable bonds is 14. The predicted molar refractivity (Wildman–Crippen MR) is 226 cm³/mol. The molecule has 0 spiro atoms. The highest BCUT2D eigenvalue weighted by Gasteiger charge is 2.28. The summed E-state index contributed by atoms with van der Waals surface area (Å²) in [7, 11) is 1.90. The van der Waals surface area contributed by atoms with Gasteiger partial charge in [0.15, 0.2) is 0 Å². The Bertz CT molecular complexity index is 1910. The van der Waals surface area contributed by atoms with Gasteiger partial charge in [0.05, 0.1) is 17.1 Å². The van der Waals surface area contributed by atoms with Gasteiger partial charge in [0.25, 0.3) is 0 Å². The van der Waals surface area contributed by atoms with E-state index in [9.17, 15) is 0 Å². The van der Waals surface area contributed by atoms with Crippen LogP contribution in [0.2, 0.25) is 0 Å². The molecule has 5 aromatic rings. The van der Waals surface area contributed by atoms with Gasteiger partial charge in [-0.1, -0.05) is 103 Å². The van der Waals surface area contributed by atoms with Crippen molar-refractivity contribution in [1.82, 2.24) is 9.97 Å². The lowest BCUT2D eigenvalue weighted by Crippen LogP contribution is -2.24. The molecule has 2 aromatic heterocycles. The number of aromatic nitrogens is 2. The highest BCUT2D eigenvalue weighted by Crippen LogP contribution is 2.40. The van der Waals surface area contributed by atoms with E-state index < -0.39 is 0 Å². The Hall–Kier alpha value is -4.89. The number of hydrogen-bond acceptors (Lipinski definition) is 3. The van der Waals surface area contributed by atoms with E-state index in [1.807, 2.05) is 7.05 Å². The van der Waals surface area contributed by atoms with Gasteiger partial charge >= 0.3 is 0 Å². The molecule has 272 valence electrons. The van der Waals surface area contributed by atoms with Crippen molar-refractivity contribution in [1.29, 1.82) is 0 Å². The van der Waals surface area contributed by atoms with E-state index >= 15 is 0 Å². The Morgan fingerprint density at radius 1 is 0.604 bits per heavy atom. The van der Waals surface area contributed by atoms with Crippen molar-refractivity contribution in [2.45, 2.75) is 85.5 Å². The van der Waals surface area contributed by atoms with Crippen LogP contribution in [-0.2, 0) is 12.8 Å². The van der Waals surface area contributed by atoms with Crippen LogP contribution in [0.5, 0.6) is 0 Å². The minimum absolute atomic E-state index is 0.737. The fourth-order valence-corrected chi connectivity index (χ4v) is 8.36. The average molecular weight is 700 g/mol. The van der Waals surface area contributed by atoms with Gasteiger partial charge in [0.2, 0.25) is 0 Å². The second-order valence-electron chi connectivity index (χ2n) is 15.3. The quantitative estimate of drug-likeness (QED) is 0.0855. The van der Waals surface area contributed by atoms with Crippen molar-refractivity contribution in [3.63, 3.8) is 0 Å². The van der Waals surface area contributed by atoms with E-state index in [4.69, 9.17) is 9.97 Å². The van der Waals surface area contributed by atoms with Gasteiger partial charge in [-0.3, -0.25) is 15.0 Å². The summed E-state index contributed by atoms with van der Waals surface area (Å²) in [5.74, 6) is 2.21. The van der Waals surface area contributed by atoms with Crippen molar-refractivity contribution in [3.8, 4) is 22.5 Å². The van der Waals surface area contributed by atoms with E-state index in [1.54, 1.807) is 0 Å². The SMILES string of the molecule is C/C=C(\C=C/C(=NC)c1ccccc1C)CCC1C[C@@H](CCc2ccc(-c3ccccc3C)nc2)C[C@@H](CCc2ccc(-c3ccccc3C)nc2)C1. The molecule has 1 unspecified atom stereocenters. The third-order valence-corrected chi connectivity index (χ3v) is 11.5. The fourth-order valence-electron chi connectivity index (χ4n) is 8.36. The second-order valence-corrected chi connectivity index (χ2v) is 15.3. The molecule has 0 saturated heterocycles. The Morgan fingerprint density at radius 2 is 1.09 bits per heavy atom. The third kappa shape index (κ3) is 10.4. The molecule has 2 heterocycles. The normalized spacial score (nSPS) is 18.1. The molecular formula is C50H57N3. The van der Waals surface area contributed by atoms with Crippen LogP contribution in [0, 0.1) is 38.5 Å². The van der Waals surface area contributed by atoms with Gasteiger partial charge in [-0.2, -0.15) is 0 Å². The summed E-state index contributed by atoms with van der Waals surface area (Å²) < 4.78 is 0. The van der Waals surface area contributed by atoms with Crippen molar-refractivity contribution >= 4 is 5.71 Å². The molecule has 53 heavy (non-hydrogen) atoms. The van der Waals surface area contributed by atoms with E-state index in [2.05, 4.69) is 160 Å². The first-order chi connectivity index (χ1) is 25.9. The van der Waals surface area contributed by atoms with Crippen molar-refractivity contribution in [2.24, 2.45) is 22.7 Å². The Balaban J connectivity index is 1.10. The van der Waals surface area contributed by atoms with Crippen LogP contribution in [0.15, 0.2) is 138 Å². The maximum atomic E-state index is 4.89. The number of aliphatic imine (C=N–C) groups is 1. The van der Waals surface area contributed by atoms with Crippen LogP contribution < -0.4 is 0 Å². The first kappa shape index (κ1) is 37.9. The fraction of sp³-hybridized carbons (Fsp3) is 0.340. The van der Waals surface area contributed by atoms with Crippen LogP contribution in [0.3, 0.4) is 0 Å². The largest absolute Gasteiger partial charge is 0.288 e. The van der Waals surface area contributed by atoms with Crippen LogP contribution in [-0.4, -0.2) is 22.7 Å². The van der Waals surface area contributed by atoms with E-state index in [-0.39, 0.29) is 0 Å². The monoisotopic (exact) mass is 699 g/mol. The van der Waals surface area contributed by atoms with E-state index in [1.165, 1.54) is 88.6 Å². The molecular weight excluding hydrogens is 643 g/mol. The van der Waals surface area contributed by atoms with E-state index in [0.717, 1.165) is 54.1 Å². The molecule has 0 amide bonds. The molecule has 3 aromatic carbocycles. The third-order valence-electron chi connectivity index (χ3n) is 11.5. The summed E-state index contributed by atoms with van der Waals surface area (Å²) in [4.78, 5) is 14.4. The molecule has 1 aliphatic carbocycles. The zero-order valence-corrected chi connectivity index (χ0v) is 32.6.